The minimum Gasteiger partial charge on any atom is -0.324 e. The second-order valence-corrected chi connectivity index (χ2v) is 5.62. The summed E-state index contributed by atoms with van der Waals surface area (Å²) in [6.07, 6.45) is 2.77. The van der Waals surface area contributed by atoms with Gasteiger partial charge in [0.1, 0.15) is 0 Å². The first-order valence-corrected chi connectivity index (χ1v) is 8.39. The highest BCUT2D eigenvalue weighted by atomic mass is 16.1. The summed E-state index contributed by atoms with van der Waals surface area (Å²) in [5.74, 6) is 0.0219. The zero-order valence-electron chi connectivity index (χ0n) is 14.1. The maximum absolute atomic E-state index is 12.2. The fourth-order valence-corrected chi connectivity index (χ4v) is 2.67. The number of hydrogen-bond donors (Lipinski definition) is 2. The van der Waals surface area contributed by atoms with E-state index in [-0.39, 0.29) is 5.91 Å². The van der Waals surface area contributed by atoms with Crippen molar-refractivity contribution in [3.8, 4) is 0 Å². The van der Waals surface area contributed by atoms with Crippen LogP contribution in [0.4, 0.5) is 5.69 Å². The number of benzene rings is 2. The van der Waals surface area contributed by atoms with Crippen molar-refractivity contribution in [3.05, 3.63) is 65.2 Å². The molecule has 0 radical (unpaired) electrons. The van der Waals surface area contributed by atoms with Crippen LogP contribution < -0.4 is 10.6 Å². The zero-order chi connectivity index (χ0) is 16.5. The van der Waals surface area contributed by atoms with Gasteiger partial charge in [-0.05, 0) is 42.5 Å². The molecule has 2 rings (SSSR count). The van der Waals surface area contributed by atoms with Gasteiger partial charge in [0.2, 0.25) is 5.91 Å². The van der Waals surface area contributed by atoms with Gasteiger partial charge in [-0.1, -0.05) is 62.4 Å². The topological polar surface area (TPSA) is 41.1 Å². The summed E-state index contributed by atoms with van der Waals surface area (Å²) in [6.45, 7) is 5.37. The van der Waals surface area contributed by atoms with Gasteiger partial charge >= 0.3 is 0 Å². The number of amides is 1. The van der Waals surface area contributed by atoms with Crippen LogP contribution in [0.2, 0.25) is 0 Å². The Kier molecular flexibility index (Phi) is 6.82. The highest BCUT2D eigenvalue weighted by molar-refractivity contribution is 5.93. The van der Waals surface area contributed by atoms with Gasteiger partial charge in [-0.2, -0.15) is 0 Å². The molecule has 2 N–H and O–H groups in total. The maximum Gasteiger partial charge on any atom is 0.238 e. The number of carbonyl (C=O) groups is 1. The fourth-order valence-electron chi connectivity index (χ4n) is 2.67. The Bertz CT molecular complexity index is 601. The number of carbonyl (C=O) groups excluding carboxylic acids is 1. The summed E-state index contributed by atoms with van der Waals surface area (Å²) in [5.41, 5.74) is 4.67. The summed E-state index contributed by atoms with van der Waals surface area (Å²) in [4.78, 5) is 12.2. The van der Waals surface area contributed by atoms with Gasteiger partial charge in [-0.15, -0.1) is 0 Å². The normalized spacial score (nSPS) is 10.5. The van der Waals surface area contributed by atoms with Crippen molar-refractivity contribution >= 4 is 11.6 Å². The molecule has 0 fully saturated rings. The molecule has 0 aromatic heterocycles. The Morgan fingerprint density at radius 2 is 1.57 bits per heavy atom. The van der Waals surface area contributed by atoms with Crippen LogP contribution in [0.1, 0.15) is 30.5 Å². The van der Waals surface area contributed by atoms with Crippen molar-refractivity contribution in [2.75, 3.05) is 18.4 Å². The third-order valence-electron chi connectivity index (χ3n) is 3.98. The molecule has 0 aliphatic carbocycles. The van der Waals surface area contributed by atoms with Crippen molar-refractivity contribution in [3.63, 3.8) is 0 Å². The summed E-state index contributed by atoms with van der Waals surface area (Å²) in [7, 11) is 0. The lowest BCUT2D eigenvalue weighted by Crippen LogP contribution is -2.30. The molecule has 0 aliphatic heterocycles. The van der Waals surface area contributed by atoms with Gasteiger partial charge in [0, 0.05) is 5.69 Å². The number of para-hydroxylation sites is 1. The molecular weight excluding hydrogens is 284 g/mol. The molecule has 0 unspecified atom stereocenters. The molecule has 1 amide bonds. The smallest absolute Gasteiger partial charge is 0.238 e. The number of anilines is 1. The van der Waals surface area contributed by atoms with Crippen LogP contribution in [0.5, 0.6) is 0 Å². The van der Waals surface area contributed by atoms with Gasteiger partial charge < -0.3 is 10.6 Å². The lowest BCUT2D eigenvalue weighted by molar-refractivity contribution is -0.115. The van der Waals surface area contributed by atoms with Gasteiger partial charge in [0.15, 0.2) is 0 Å². The number of aryl methyl sites for hydroxylation is 2. The molecule has 0 spiro atoms. The van der Waals surface area contributed by atoms with E-state index < -0.39 is 0 Å². The number of nitrogens with one attached hydrogen (secondary N) is 2. The Labute approximate surface area is 139 Å². The Morgan fingerprint density at radius 3 is 2.17 bits per heavy atom. The molecular formula is C20H26N2O. The van der Waals surface area contributed by atoms with Crippen molar-refractivity contribution in [2.24, 2.45) is 0 Å². The van der Waals surface area contributed by atoms with Crippen molar-refractivity contribution in [2.45, 2.75) is 33.1 Å². The first-order valence-electron chi connectivity index (χ1n) is 8.39. The largest absolute Gasteiger partial charge is 0.324 e. The van der Waals surface area contributed by atoms with Crippen molar-refractivity contribution in [1.29, 1.82) is 0 Å². The minimum atomic E-state index is 0.0219. The van der Waals surface area contributed by atoms with Gasteiger partial charge in [0.25, 0.3) is 0 Å². The Morgan fingerprint density at radius 1 is 0.913 bits per heavy atom. The monoisotopic (exact) mass is 310 g/mol. The van der Waals surface area contributed by atoms with Crippen LogP contribution in [-0.4, -0.2) is 19.0 Å². The molecule has 3 nitrogen and oxygen atoms in total. The highest BCUT2D eigenvalue weighted by Gasteiger charge is 2.09. The van der Waals surface area contributed by atoms with Gasteiger partial charge in [0.05, 0.1) is 6.54 Å². The Hall–Kier alpha value is -2.13. The van der Waals surface area contributed by atoms with Crippen LogP contribution in [0.25, 0.3) is 0 Å². The number of rotatable bonds is 8. The van der Waals surface area contributed by atoms with Crippen molar-refractivity contribution in [1.82, 2.24) is 5.32 Å². The highest BCUT2D eigenvalue weighted by Crippen LogP contribution is 2.22. The maximum atomic E-state index is 12.2. The lowest BCUT2D eigenvalue weighted by Gasteiger charge is -2.14. The quantitative estimate of drug-likeness (QED) is 0.732. The molecule has 0 bridgehead atoms. The molecule has 2 aromatic rings. The average Bonchev–Trinajstić information content (AvgIpc) is 2.60. The molecule has 0 saturated heterocycles. The third kappa shape index (κ3) is 5.22. The van der Waals surface area contributed by atoms with E-state index in [0.29, 0.717) is 6.54 Å². The second-order valence-electron chi connectivity index (χ2n) is 5.62. The first-order chi connectivity index (χ1) is 11.2. The minimum absolute atomic E-state index is 0.0219. The lowest BCUT2D eigenvalue weighted by atomic mass is 10.0. The fraction of sp³-hybridized carbons (Fsp3) is 0.350. The molecule has 0 saturated carbocycles. The van der Waals surface area contributed by atoms with E-state index in [1.165, 1.54) is 16.7 Å². The molecule has 2 aromatic carbocycles. The standard InChI is InChI=1S/C20H26N2O/c1-3-17-11-8-12-18(4-2)20(17)22-19(23)15-21-14-13-16-9-6-5-7-10-16/h5-12,21H,3-4,13-15H2,1-2H3,(H,22,23). The van der Waals surface area contributed by atoms with E-state index in [1.807, 2.05) is 18.2 Å². The SMILES string of the molecule is CCc1cccc(CC)c1NC(=O)CNCCc1ccccc1. The summed E-state index contributed by atoms with van der Waals surface area (Å²) < 4.78 is 0. The molecule has 122 valence electrons. The van der Waals surface area contributed by atoms with E-state index in [1.54, 1.807) is 0 Å². The van der Waals surface area contributed by atoms with Crippen LogP contribution in [0, 0.1) is 0 Å². The Balaban J connectivity index is 1.83. The molecule has 0 atom stereocenters. The first kappa shape index (κ1) is 17.2. The third-order valence-corrected chi connectivity index (χ3v) is 3.98. The summed E-state index contributed by atoms with van der Waals surface area (Å²) in [5, 5.41) is 6.30. The zero-order valence-corrected chi connectivity index (χ0v) is 14.1. The van der Waals surface area contributed by atoms with Crippen molar-refractivity contribution < 1.29 is 4.79 Å². The predicted molar refractivity (Wildman–Crippen MR) is 96.8 cm³/mol. The van der Waals surface area contributed by atoms with E-state index in [9.17, 15) is 4.79 Å². The molecule has 23 heavy (non-hydrogen) atoms. The van der Waals surface area contributed by atoms with E-state index in [2.05, 4.69) is 54.8 Å². The van der Waals surface area contributed by atoms with Gasteiger partial charge in [-0.3, -0.25) is 4.79 Å². The molecule has 0 heterocycles. The number of hydrogen-bond acceptors (Lipinski definition) is 2. The second kappa shape index (κ2) is 9.11. The van der Waals surface area contributed by atoms with Crippen LogP contribution in [0.3, 0.4) is 0 Å². The molecule has 3 heteroatoms. The van der Waals surface area contributed by atoms with E-state index in [0.717, 1.165) is 31.5 Å². The predicted octanol–water partition coefficient (Wildman–Crippen LogP) is 3.58. The van der Waals surface area contributed by atoms with E-state index >= 15 is 0 Å². The molecule has 0 aliphatic rings. The van der Waals surface area contributed by atoms with E-state index in [4.69, 9.17) is 0 Å². The van der Waals surface area contributed by atoms with Crippen LogP contribution in [-0.2, 0) is 24.1 Å². The summed E-state index contributed by atoms with van der Waals surface area (Å²) in [6, 6.07) is 16.5. The van der Waals surface area contributed by atoms with Gasteiger partial charge in [-0.25, -0.2) is 0 Å². The summed E-state index contributed by atoms with van der Waals surface area (Å²) >= 11 is 0. The average molecular weight is 310 g/mol. The van der Waals surface area contributed by atoms with Crippen LogP contribution in [0.15, 0.2) is 48.5 Å². The van der Waals surface area contributed by atoms with Crippen LogP contribution >= 0.6 is 0 Å².